The molecule has 0 atom stereocenters. The summed E-state index contributed by atoms with van der Waals surface area (Å²) >= 11 is 0. The molecule has 1 aromatic carbocycles. The number of nitrogens with zero attached hydrogens (tertiary/aromatic N) is 3. The molecule has 1 fully saturated rings. The molecule has 5 nitrogen and oxygen atoms in total. The van der Waals surface area contributed by atoms with Gasteiger partial charge in [0.1, 0.15) is 5.75 Å². The van der Waals surface area contributed by atoms with Crippen molar-refractivity contribution in [3.63, 3.8) is 0 Å². The van der Waals surface area contributed by atoms with Crippen LogP contribution >= 0.6 is 0 Å². The van der Waals surface area contributed by atoms with Crippen LogP contribution in [0.2, 0.25) is 0 Å². The van der Waals surface area contributed by atoms with Crippen LogP contribution in [0.1, 0.15) is 34.8 Å². The first-order valence-corrected chi connectivity index (χ1v) is 8.89. The quantitative estimate of drug-likeness (QED) is 0.725. The van der Waals surface area contributed by atoms with E-state index in [1.807, 2.05) is 41.3 Å². The van der Waals surface area contributed by atoms with Gasteiger partial charge < -0.3 is 9.64 Å². The molecule has 1 aliphatic rings. The minimum absolute atomic E-state index is 0.0826. The summed E-state index contributed by atoms with van der Waals surface area (Å²) in [5.74, 6) is 1.22. The molecule has 0 N–H and O–H groups in total. The molecule has 0 radical (unpaired) electrons. The summed E-state index contributed by atoms with van der Waals surface area (Å²) in [7, 11) is 1.62. The number of methoxy groups -OCH3 is 1. The Morgan fingerprint density at radius 3 is 2.58 bits per heavy atom. The molecule has 0 bridgehead atoms. The Kier molecular flexibility index (Phi) is 4.52. The van der Waals surface area contributed by atoms with E-state index in [0.717, 1.165) is 48.4 Å². The normalized spacial score (nSPS) is 15.2. The fraction of sp³-hybridized carbons (Fsp3) is 0.286. The van der Waals surface area contributed by atoms with Gasteiger partial charge in [0.25, 0.3) is 5.91 Å². The monoisotopic (exact) mass is 347 g/mol. The molecule has 0 unspecified atom stereocenters. The van der Waals surface area contributed by atoms with Crippen LogP contribution in [0, 0.1) is 0 Å². The molecule has 1 aliphatic heterocycles. The SMILES string of the molecule is COc1ccc(C(=O)N2CCC(c3ccc4cccnc4n3)CC2)cc1. The maximum atomic E-state index is 12.7. The van der Waals surface area contributed by atoms with Crippen molar-refractivity contribution >= 4 is 16.9 Å². The zero-order chi connectivity index (χ0) is 17.9. The number of likely N-dealkylation sites (tertiary alicyclic amines) is 1. The fourth-order valence-electron chi connectivity index (χ4n) is 3.49. The molecule has 3 heterocycles. The number of ether oxygens (including phenoxy) is 1. The van der Waals surface area contributed by atoms with Crippen LogP contribution in [0.25, 0.3) is 11.0 Å². The fourth-order valence-corrected chi connectivity index (χ4v) is 3.49. The van der Waals surface area contributed by atoms with Gasteiger partial charge in [0.05, 0.1) is 7.11 Å². The highest BCUT2D eigenvalue weighted by atomic mass is 16.5. The molecule has 5 heteroatoms. The first-order chi connectivity index (χ1) is 12.7. The summed E-state index contributed by atoms with van der Waals surface area (Å²) in [6.07, 6.45) is 3.62. The number of carbonyl (C=O) groups is 1. The van der Waals surface area contributed by atoms with Gasteiger partial charge in [-0.25, -0.2) is 9.97 Å². The number of piperidine rings is 1. The van der Waals surface area contributed by atoms with Crippen LogP contribution in [0.3, 0.4) is 0 Å². The Hall–Kier alpha value is -2.95. The van der Waals surface area contributed by atoms with Crippen molar-refractivity contribution in [2.24, 2.45) is 0 Å². The van der Waals surface area contributed by atoms with Gasteiger partial charge in [0.2, 0.25) is 0 Å². The summed E-state index contributed by atoms with van der Waals surface area (Å²) in [5.41, 5.74) is 2.58. The molecule has 1 saturated heterocycles. The van der Waals surface area contributed by atoms with Gasteiger partial charge in [0.15, 0.2) is 5.65 Å². The number of fused-ring (bicyclic) bond motifs is 1. The van der Waals surface area contributed by atoms with Gasteiger partial charge in [-0.2, -0.15) is 0 Å². The standard InChI is InChI=1S/C21H21N3O2/c1-26-18-7-4-17(5-8-18)21(25)24-13-10-15(11-14-24)19-9-6-16-3-2-12-22-20(16)23-19/h2-9,12,15H,10-11,13-14H2,1H3. The van der Waals surface area contributed by atoms with Gasteiger partial charge in [-0.05, 0) is 61.4 Å². The third-order valence-electron chi connectivity index (χ3n) is 5.02. The van der Waals surface area contributed by atoms with Crippen molar-refractivity contribution < 1.29 is 9.53 Å². The lowest BCUT2D eigenvalue weighted by atomic mass is 9.92. The molecule has 132 valence electrons. The smallest absolute Gasteiger partial charge is 0.253 e. The maximum absolute atomic E-state index is 12.7. The summed E-state index contributed by atoms with van der Waals surface area (Å²) in [5, 5.41) is 1.06. The lowest BCUT2D eigenvalue weighted by Gasteiger charge is -2.32. The number of hydrogen-bond acceptors (Lipinski definition) is 4. The molecule has 0 aliphatic carbocycles. The highest BCUT2D eigenvalue weighted by Gasteiger charge is 2.25. The zero-order valence-electron chi connectivity index (χ0n) is 14.8. The topological polar surface area (TPSA) is 55.3 Å². The molecular weight excluding hydrogens is 326 g/mol. The largest absolute Gasteiger partial charge is 0.497 e. The molecule has 26 heavy (non-hydrogen) atoms. The molecule has 0 spiro atoms. The van der Waals surface area contributed by atoms with Gasteiger partial charge in [-0.15, -0.1) is 0 Å². The zero-order valence-corrected chi connectivity index (χ0v) is 14.8. The number of carbonyl (C=O) groups excluding carboxylic acids is 1. The van der Waals surface area contributed by atoms with E-state index >= 15 is 0 Å². The predicted octanol–water partition coefficient (Wildman–Crippen LogP) is 3.66. The van der Waals surface area contributed by atoms with Crippen LogP contribution in [0.5, 0.6) is 5.75 Å². The average Bonchev–Trinajstić information content (AvgIpc) is 2.73. The number of pyridine rings is 2. The Morgan fingerprint density at radius 2 is 1.85 bits per heavy atom. The van der Waals surface area contributed by atoms with Crippen molar-refractivity contribution in [2.45, 2.75) is 18.8 Å². The van der Waals surface area contributed by atoms with E-state index in [-0.39, 0.29) is 5.91 Å². The Balaban J connectivity index is 1.43. The maximum Gasteiger partial charge on any atom is 0.253 e. The molecule has 3 aromatic rings. The third kappa shape index (κ3) is 3.25. The summed E-state index contributed by atoms with van der Waals surface area (Å²) in [4.78, 5) is 23.7. The van der Waals surface area contributed by atoms with E-state index in [4.69, 9.17) is 9.72 Å². The van der Waals surface area contributed by atoms with Gasteiger partial charge >= 0.3 is 0 Å². The van der Waals surface area contributed by atoms with Crippen molar-refractivity contribution in [2.75, 3.05) is 20.2 Å². The minimum atomic E-state index is 0.0826. The lowest BCUT2D eigenvalue weighted by molar-refractivity contribution is 0.0712. The lowest BCUT2D eigenvalue weighted by Crippen LogP contribution is -2.38. The Morgan fingerprint density at radius 1 is 1.08 bits per heavy atom. The minimum Gasteiger partial charge on any atom is -0.497 e. The summed E-state index contributed by atoms with van der Waals surface area (Å²) in [6, 6.07) is 15.4. The molecule has 0 saturated carbocycles. The van der Waals surface area contributed by atoms with Crippen molar-refractivity contribution in [1.29, 1.82) is 0 Å². The van der Waals surface area contributed by atoms with Crippen molar-refractivity contribution in [1.82, 2.24) is 14.9 Å². The summed E-state index contributed by atoms with van der Waals surface area (Å²) < 4.78 is 5.15. The van der Waals surface area contributed by atoms with Crippen LogP contribution in [0.4, 0.5) is 0 Å². The van der Waals surface area contributed by atoms with Gasteiger partial charge in [-0.1, -0.05) is 0 Å². The van der Waals surface area contributed by atoms with E-state index < -0.39 is 0 Å². The number of amides is 1. The van der Waals surface area contributed by atoms with E-state index in [2.05, 4.69) is 17.1 Å². The van der Waals surface area contributed by atoms with E-state index in [1.165, 1.54) is 0 Å². The summed E-state index contributed by atoms with van der Waals surface area (Å²) in [6.45, 7) is 1.49. The second kappa shape index (κ2) is 7.12. The first kappa shape index (κ1) is 16.5. The molecule has 2 aromatic heterocycles. The number of aromatic nitrogens is 2. The molecular formula is C21H21N3O2. The first-order valence-electron chi connectivity index (χ1n) is 8.89. The van der Waals surface area contributed by atoms with Crippen molar-refractivity contribution in [3.8, 4) is 5.75 Å². The number of rotatable bonds is 3. The Bertz CT molecular complexity index is 916. The number of hydrogen-bond donors (Lipinski definition) is 0. The van der Waals surface area contributed by atoms with Crippen LogP contribution in [-0.4, -0.2) is 41.0 Å². The third-order valence-corrected chi connectivity index (χ3v) is 5.02. The van der Waals surface area contributed by atoms with E-state index in [1.54, 1.807) is 13.3 Å². The van der Waals surface area contributed by atoms with E-state index in [0.29, 0.717) is 11.5 Å². The molecule has 4 rings (SSSR count). The second-order valence-electron chi connectivity index (χ2n) is 6.58. The Labute approximate surface area is 152 Å². The second-order valence-corrected chi connectivity index (χ2v) is 6.58. The van der Waals surface area contributed by atoms with Gasteiger partial charge in [-0.3, -0.25) is 4.79 Å². The van der Waals surface area contributed by atoms with Crippen LogP contribution < -0.4 is 4.74 Å². The van der Waals surface area contributed by atoms with E-state index in [9.17, 15) is 4.79 Å². The van der Waals surface area contributed by atoms with Crippen LogP contribution in [-0.2, 0) is 0 Å². The highest BCUT2D eigenvalue weighted by molar-refractivity contribution is 5.94. The number of benzene rings is 1. The van der Waals surface area contributed by atoms with Crippen LogP contribution in [0.15, 0.2) is 54.7 Å². The highest BCUT2D eigenvalue weighted by Crippen LogP contribution is 2.28. The average molecular weight is 347 g/mol. The van der Waals surface area contributed by atoms with Gasteiger partial charge in [0, 0.05) is 41.8 Å². The predicted molar refractivity (Wildman–Crippen MR) is 100 cm³/mol. The van der Waals surface area contributed by atoms with Crippen molar-refractivity contribution in [3.05, 3.63) is 66.0 Å². The molecule has 1 amide bonds.